The highest BCUT2D eigenvalue weighted by molar-refractivity contribution is 5.59. The molecule has 2 aromatic rings. The average Bonchev–Trinajstić information content (AvgIpc) is 2.43. The van der Waals surface area contributed by atoms with Crippen molar-refractivity contribution in [1.82, 2.24) is 9.97 Å². The lowest BCUT2D eigenvalue weighted by Gasteiger charge is -2.10. The Bertz CT molecular complexity index is 596. The molecule has 0 radical (unpaired) electrons. The summed E-state index contributed by atoms with van der Waals surface area (Å²) in [5, 5.41) is 6.08. The van der Waals surface area contributed by atoms with Crippen molar-refractivity contribution in [3.05, 3.63) is 41.7 Å². The van der Waals surface area contributed by atoms with Crippen molar-refractivity contribution in [3.63, 3.8) is 0 Å². The molecular formula is C15H18F2N4. The normalized spacial score (nSPS) is 10.5. The van der Waals surface area contributed by atoms with Gasteiger partial charge in [0.25, 0.3) is 0 Å². The zero-order valence-corrected chi connectivity index (χ0v) is 12.1. The first-order chi connectivity index (χ1) is 10.1. The molecule has 0 aliphatic heterocycles. The van der Waals surface area contributed by atoms with Crippen LogP contribution in [0.2, 0.25) is 0 Å². The van der Waals surface area contributed by atoms with E-state index in [1.54, 1.807) is 6.07 Å². The quantitative estimate of drug-likeness (QED) is 0.848. The van der Waals surface area contributed by atoms with E-state index in [9.17, 15) is 8.78 Å². The number of rotatable bonds is 6. The van der Waals surface area contributed by atoms with E-state index in [0.29, 0.717) is 29.6 Å². The van der Waals surface area contributed by atoms with Crippen LogP contribution in [-0.2, 0) is 6.42 Å². The molecule has 2 N–H and O–H groups in total. The van der Waals surface area contributed by atoms with Crippen LogP contribution in [0.15, 0.2) is 24.3 Å². The summed E-state index contributed by atoms with van der Waals surface area (Å²) < 4.78 is 26.4. The predicted octanol–water partition coefficient (Wildman–Crippen LogP) is 3.88. The fraction of sp³-hybridized carbons (Fsp3) is 0.333. The molecule has 4 nitrogen and oxygen atoms in total. The lowest BCUT2D eigenvalue weighted by molar-refractivity contribution is 0.584. The van der Waals surface area contributed by atoms with Crippen LogP contribution in [0.4, 0.5) is 26.1 Å². The molecule has 0 unspecified atom stereocenters. The van der Waals surface area contributed by atoms with Crippen molar-refractivity contribution in [2.24, 2.45) is 0 Å². The maximum atomic E-state index is 13.2. The highest BCUT2D eigenvalue weighted by Crippen LogP contribution is 2.20. The Kier molecular flexibility index (Phi) is 5.03. The molecule has 1 aromatic carbocycles. The predicted molar refractivity (Wildman–Crippen MR) is 79.8 cm³/mol. The minimum atomic E-state index is -0.633. The maximum Gasteiger partial charge on any atom is 0.136 e. The van der Waals surface area contributed by atoms with E-state index >= 15 is 0 Å². The van der Waals surface area contributed by atoms with Gasteiger partial charge in [-0.05, 0) is 18.6 Å². The number of anilines is 3. The molecule has 1 heterocycles. The second-order valence-corrected chi connectivity index (χ2v) is 4.62. The molecule has 0 amide bonds. The minimum Gasteiger partial charge on any atom is -0.370 e. The first-order valence-corrected chi connectivity index (χ1v) is 6.95. The van der Waals surface area contributed by atoms with E-state index < -0.39 is 11.6 Å². The van der Waals surface area contributed by atoms with Crippen molar-refractivity contribution in [3.8, 4) is 0 Å². The molecular weight excluding hydrogens is 274 g/mol. The molecule has 0 bridgehead atoms. The molecule has 0 atom stereocenters. The summed E-state index contributed by atoms with van der Waals surface area (Å²) in [5.74, 6) is 0.599. The van der Waals surface area contributed by atoms with Gasteiger partial charge in [0.1, 0.15) is 29.1 Å². The van der Waals surface area contributed by atoms with Crippen LogP contribution in [0.3, 0.4) is 0 Å². The fourth-order valence-electron chi connectivity index (χ4n) is 1.84. The number of aryl methyl sites for hydroxylation is 1. The van der Waals surface area contributed by atoms with Crippen LogP contribution >= 0.6 is 0 Å². The molecule has 0 spiro atoms. The van der Waals surface area contributed by atoms with Gasteiger partial charge in [-0.2, -0.15) is 0 Å². The third-order valence-corrected chi connectivity index (χ3v) is 2.78. The number of aromatic nitrogens is 2. The second kappa shape index (κ2) is 6.97. The Labute approximate surface area is 122 Å². The number of nitrogens with one attached hydrogen (secondary N) is 2. The topological polar surface area (TPSA) is 49.8 Å². The molecule has 0 aliphatic carbocycles. The highest BCUT2D eigenvalue weighted by atomic mass is 19.1. The third-order valence-electron chi connectivity index (χ3n) is 2.78. The summed E-state index contributed by atoms with van der Waals surface area (Å²) >= 11 is 0. The van der Waals surface area contributed by atoms with E-state index in [-0.39, 0.29) is 0 Å². The van der Waals surface area contributed by atoms with Crippen LogP contribution in [0.25, 0.3) is 0 Å². The van der Waals surface area contributed by atoms with Crippen molar-refractivity contribution in [2.75, 3.05) is 17.2 Å². The monoisotopic (exact) mass is 292 g/mol. The molecule has 2 rings (SSSR count). The molecule has 112 valence electrons. The van der Waals surface area contributed by atoms with Gasteiger partial charge in [0.2, 0.25) is 0 Å². The van der Waals surface area contributed by atoms with E-state index in [2.05, 4.69) is 27.5 Å². The molecule has 1 aromatic heterocycles. The van der Waals surface area contributed by atoms with Gasteiger partial charge in [-0.1, -0.05) is 13.8 Å². The summed E-state index contributed by atoms with van der Waals surface area (Å²) in [7, 11) is 0. The summed E-state index contributed by atoms with van der Waals surface area (Å²) in [5.41, 5.74) is 0.315. The Balaban J connectivity index is 2.25. The summed E-state index contributed by atoms with van der Waals surface area (Å²) in [6.07, 6.45) is 1.65. The lowest BCUT2D eigenvalue weighted by atomic mass is 10.3. The van der Waals surface area contributed by atoms with Gasteiger partial charge < -0.3 is 10.6 Å². The number of hydrogen-bond acceptors (Lipinski definition) is 4. The van der Waals surface area contributed by atoms with E-state index in [4.69, 9.17) is 0 Å². The fourth-order valence-corrected chi connectivity index (χ4v) is 1.84. The van der Waals surface area contributed by atoms with Gasteiger partial charge in [0.15, 0.2) is 0 Å². The van der Waals surface area contributed by atoms with Crippen LogP contribution < -0.4 is 10.6 Å². The van der Waals surface area contributed by atoms with Crippen LogP contribution in [-0.4, -0.2) is 16.5 Å². The highest BCUT2D eigenvalue weighted by Gasteiger charge is 2.06. The van der Waals surface area contributed by atoms with Crippen molar-refractivity contribution >= 4 is 17.3 Å². The number of nitrogens with zero attached hydrogens (tertiary/aromatic N) is 2. The van der Waals surface area contributed by atoms with E-state index in [1.807, 2.05) is 6.92 Å². The van der Waals surface area contributed by atoms with Gasteiger partial charge in [-0.15, -0.1) is 0 Å². The van der Waals surface area contributed by atoms with Crippen molar-refractivity contribution < 1.29 is 8.78 Å². The zero-order chi connectivity index (χ0) is 15.2. The third kappa shape index (κ3) is 4.37. The van der Waals surface area contributed by atoms with E-state index in [0.717, 1.165) is 19.0 Å². The SMILES string of the molecule is CCCNc1cc(Nc2cc(F)cc(F)c2)nc(CC)n1. The number of hydrogen-bond donors (Lipinski definition) is 2. The van der Waals surface area contributed by atoms with Gasteiger partial charge in [0.05, 0.1) is 0 Å². The van der Waals surface area contributed by atoms with Crippen LogP contribution in [0.1, 0.15) is 26.1 Å². The standard InChI is InChI=1S/C15H18F2N4/c1-3-5-18-14-9-15(21-13(4-2)20-14)19-12-7-10(16)6-11(17)8-12/h6-9H,3-5H2,1-2H3,(H2,18,19,20,21). The molecule has 0 saturated heterocycles. The van der Waals surface area contributed by atoms with E-state index in [1.165, 1.54) is 12.1 Å². The maximum absolute atomic E-state index is 13.2. The summed E-state index contributed by atoms with van der Waals surface area (Å²) in [6.45, 7) is 4.81. The van der Waals surface area contributed by atoms with Gasteiger partial charge in [-0.25, -0.2) is 18.7 Å². The second-order valence-electron chi connectivity index (χ2n) is 4.62. The first-order valence-electron chi connectivity index (χ1n) is 6.95. The Morgan fingerprint density at radius 2 is 1.62 bits per heavy atom. The first kappa shape index (κ1) is 15.2. The molecule has 21 heavy (non-hydrogen) atoms. The smallest absolute Gasteiger partial charge is 0.136 e. The van der Waals surface area contributed by atoms with Crippen molar-refractivity contribution in [1.29, 1.82) is 0 Å². The molecule has 6 heteroatoms. The molecule has 0 fully saturated rings. The van der Waals surface area contributed by atoms with Crippen molar-refractivity contribution in [2.45, 2.75) is 26.7 Å². The lowest BCUT2D eigenvalue weighted by Crippen LogP contribution is -2.07. The molecule has 0 saturated carbocycles. The zero-order valence-electron chi connectivity index (χ0n) is 12.1. The molecule has 0 aliphatic rings. The summed E-state index contributed by atoms with van der Waals surface area (Å²) in [6, 6.07) is 4.99. The minimum absolute atomic E-state index is 0.315. The van der Waals surface area contributed by atoms with Gasteiger partial charge in [0, 0.05) is 30.8 Å². The Hall–Kier alpha value is -2.24. The summed E-state index contributed by atoms with van der Waals surface area (Å²) in [4.78, 5) is 8.66. The number of halogens is 2. The average molecular weight is 292 g/mol. The number of benzene rings is 1. The Morgan fingerprint density at radius 1 is 0.952 bits per heavy atom. The largest absolute Gasteiger partial charge is 0.370 e. The van der Waals surface area contributed by atoms with Crippen LogP contribution in [0, 0.1) is 11.6 Å². The van der Waals surface area contributed by atoms with Gasteiger partial charge in [-0.3, -0.25) is 0 Å². The Morgan fingerprint density at radius 3 is 2.24 bits per heavy atom. The van der Waals surface area contributed by atoms with Crippen LogP contribution in [0.5, 0.6) is 0 Å². The van der Waals surface area contributed by atoms with Gasteiger partial charge >= 0.3 is 0 Å².